The highest BCUT2D eigenvalue weighted by Crippen LogP contribution is 2.22. The molecule has 1 heterocycles. The minimum atomic E-state index is -0.579. The van der Waals surface area contributed by atoms with Gasteiger partial charge in [0.2, 0.25) is 0 Å². The Morgan fingerprint density at radius 3 is 2.50 bits per heavy atom. The van der Waals surface area contributed by atoms with Gasteiger partial charge in [0, 0.05) is 13.1 Å². The van der Waals surface area contributed by atoms with Crippen LogP contribution in [0.5, 0.6) is 0 Å². The summed E-state index contributed by atoms with van der Waals surface area (Å²) in [7, 11) is 0. The number of rotatable bonds is 3. The first-order valence-corrected chi connectivity index (χ1v) is 4.78. The van der Waals surface area contributed by atoms with Gasteiger partial charge in [-0.1, -0.05) is 13.0 Å². The molecule has 12 heavy (non-hydrogen) atoms. The lowest BCUT2D eigenvalue weighted by Gasteiger charge is -2.36. The number of piperidine rings is 1. The lowest BCUT2D eigenvalue weighted by Crippen LogP contribution is -2.43. The lowest BCUT2D eigenvalue weighted by atomic mass is 9.92. The Bertz CT molecular complexity index is 148. The van der Waals surface area contributed by atoms with Gasteiger partial charge in [-0.25, -0.2) is 0 Å². The van der Waals surface area contributed by atoms with Gasteiger partial charge in [0.1, 0.15) is 0 Å². The molecule has 0 amide bonds. The first-order chi connectivity index (χ1) is 5.70. The van der Waals surface area contributed by atoms with Crippen molar-refractivity contribution in [1.29, 1.82) is 0 Å². The summed E-state index contributed by atoms with van der Waals surface area (Å²) in [4.78, 5) is 2.40. The summed E-state index contributed by atoms with van der Waals surface area (Å²) in [6.45, 7) is 9.03. The van der Waals surface area contributed by atoms with Gasteiger partial charge in [-0.3, -0.25) is 0 Å². The van der Waals surface area contributed by atoms with Crippen LogP contribution in [0.25, 0.3) is 0 Å². The Morgan fingerprint density at radius 2 is 2.08 bits per heavy atom. The van der Waals surface area contributed by atoms with E-state index in [4.69, 9.17) is 0 Å². The van der Waals surface area contributed by atoms with Crippen LogP contribution in [0, 0.1) is 0 Å². The third kappa shape index (κ3) is 2.32. The van der Waals surface area contributed by atoms with Crippen LogP contribution in [0.2, 0.25) is 0 Å². The highest BCUT2D eigenvalue weighted by atomic mass is 16.3. The van der Waals surface area contributed by atoms with E-state index in [0.29, 0.717) is 0 Å². The molecule has 0 aliphatic carbocycles. The van der Waals surface area contributed by atoms with E-state index in [1.165, 1.54) is 6.42 Å². The molecule has 70 valence electrons. The zero-order valence-electron chi connectivity index (χ0n) is 7.92. The van der Waals surface area contributed by atoms with Crippen molar-refractivity contribution in [2.24, 2.45) is 0 Å². The fourth-order valence-corrected chi connectivity index (χ4v) is 1.68. The molecule has 2 heteroatoms. The molecule has 1 aliphatic heterocycles. The maximum Gasteiger partial charge on any atom is 0.0849 e. The molecule has 2 nitrogen and oxygen atoms in total. The second-order valence-electron chi connectivity index (χ2n) is 3.65. The lowest BCUT2D eigenvalue weighted by molar-refractivity contribution is 0.0195. The molecule has 0 saturated carbocycles. The van der Waals surface area contributed by atoms with Crippen molar-refractivity contribution in [2.75, 3.05) is 19.6 Å². The van der Waals surface area contributed by atoms with Crippen LogP contribution in [-0.4, -0.2) is 35.2 Å². The molecule has 1 aliphatic rings. The number of aliphatic hydroxyl groups is 1. The quantitative estimate of drug-likeness (QED) is 0.646. The van der Waals surface area contributed by atoms with Gasteiger partial charge in [0.05, 0.1) is 5.60 Å². The average Bonchev–Trinajstić information content (AvgIpc) is 2.10. The third-order valence-electron chi connectivity index (χ3n) is 2.64. The average molecular weight is 169 g/mol. The highest BCUT2D eigenvalue weighted by molar-refractivity contribution is 4.98. The summed E-state index contributed by atoms with van der Waals surface area (Å²) in [6, 6.07) is 0. The molecular formula is C10H19NO. The molecule has 0 aromatic rings. The SMILES string of the molecule is C=CC1(O)CCN(CCC)CC1. The molecule has 0 aromatic heterocycles. The maximum absolute atomic E-state index is 9.82. The number of likely N-dealkylation sites (tertiary alicyclic amines) is 1. The van der Waals surface area contributed by atoms with E-state index in [2.05, 4.69) is 18.4 Å². The molecule has 0 bridgehead atoms. The van der Waals surface area contributed by atoms with Crippen LogP contribution < -0.4 is 0 Å². The fourth-order valence-electron chi connectivity index (χ4n) is 1.68. The van der Waals surface area contributed by atoms with Crippen molar-refractivity contribution in [3.8, 4) is 0 Å². The van der Waals surface area contributed by atoms with Crippen molar-refractivity contribution in [3.63, 3.8) is 0 Å². The van der Waals surface area contributed by atoms with Crippen LogP contribution in [0.4, 0.5) is 0 Å². The van der Waals surface area contributed by atoms with Gasteiger partial charge >= 0.3 is 0 Å². The summed E-state index contributed by atoms with van der Waals surface area (Å²) in [5.41, 5.74) is -0.579. The molecule has 0 atom stereocenters. The Balaban J connectivity index is 2.33. The van der Waals surface area contributed by atoms with Gasteiger partial charge in [-0.05, 0) is 25.8 Å². The van der Waals surface area contributed by atoms with Crippen molar-refractivity contribution >= 4 is 0 Å². The Hall–Kier alpha value is -0.340. The van der Waals surface area contributed by atoms with Crippen LogP contribution in [-0.2, 0) is 0 Å². The van der Waals surface area contributed by atoms with Gasteiger partial charge in [0.25, 0.3) is 0 Å². The number of hydrogen-bond acceptors (Lipinski definition) is 2. The molecular weight excluding hydrogens is 150 g/mol. The first-order valence-electron chi connectivity index (χ1n) is 4.78. The van der Waals surface area contributed by atoms with E-state index in [0.717, 1.165) is 32.5 Å². The van der Waals surface area contributed by atoms with Gasteiger partial charge in [-0.2, -0.15) is 0 Å². The van der Waals surface area contributed by atoms with Crippen molar-refractivity contribution in [1.82, 2.24) is 4.90 Å². The second kappa shape index (κ2) is 4.06. The molecule has 0 aromatic carbocycles. The number of nitrogens with zero attached hydrogens (tertiary/aromatic N) is 1. The summed E-state index contributed by atoms with van der Waals surface area (Å²) in [5.74, 6) is 0. The van der Waals surface area contributed by atoms with E-state index in [9.17, 15) is 5.11 Å². The first kappa shape index (κ1) is 9.75. The van der Waals surface area contributed by atoms with Gasteiger partial charge < -0.3 is 10.0 Å². The molecule has 0 radical (unpaired) electrons. The molecule has 0 unspecified atom stereocenters. The predicted octanol–water partition coefficient (Wildman–Crippen LogP) is 1.41. The summed E-state index contributed by atoms with van der Waals surface area (Å²) >= 11 is 0. The Morgan fingerprint density at radius 1 is 1.50 bits per heavy atom. The van der Waals surface area contributed by atoms with Gasteiger partial charge in [-0.15, -0.1) is 6.58 Å². The smallest absolute Gasteiger partial charge is 0.0849 e. The van der Waals surface area contributed by atoms with Crippen LogP contribution in [0.15, 0.2) is 12.7 Å². The molecule has 0 spiro atoms. The van der Waals surface area contributed by atoms with Crippen molar-refractivity contribution < 1.29 is 5.11 Å². The highest BCUT2D eigenvalue weighted by Gasteiger charge is 2.28. The molecule has 1 saturated heterocycles. The molecule has 1 N–H and O–H groups in total. The van der Waals surface area contributed by atoms with E-state index in [-0.39, 0.29) is 0 Å². The standard InChI is InChI=1S/C10H19NO/c1-3-7-11-8-5-10(12,4-2)6-9-11/h4,12H,2-3,5-9H2,1H3. The fraction of sp³-hybridized carbons (Fsp3) is 0.800. The van der Waals surface area contributed by atoms with Gasteiger partial charge in [0.15, 0.2) is 0 Å². The predicted molar refractivity (Wildman–Crippen MR) is 51.1 cm³/mol. The largest absolute Gasteiger partial charge is 0.386 e. The Kier molecular flexibility index (Phi) is 3.29. The molecule has 1 rings (SSSR count). The van der Waals surface area contributed by atoms with E-state index in [1.54, 1.807) is 6.08 Å². The number of hydrogen-bond donors (Lipinski definition) is 1. The van der Waals surface area contributed by atoms with Crippen LogP contribution in [0.3, 0.4) is 0 Å². The van der Waals surface area contributed by atoms with Crippen LogP contribution >= 0.6 is 0 Å². The van der Waals surface area contributed by atoms with E-state index < -0.39 is 5.60 Å². The normalized spacial score (nSPS) is 23.8. The minimum absolute atomic E-state index is 0.579. The van der Waals surface area contributed by atoms with Crippen molar-refractivity contribution in [3.05, 3.63) is 12.7 Å². The van der Waals surface area contributed by atoms with E-state index in [1.807, 2.05) is 0 Å². The van der Waals surface area contributed by atoms with Crippen molar-refractivity contribution in [2.45, 2.75) is 31.8 Å². The second-order valence-corrected chi connectivity index (χ2v) is 3.65. The van der Waals surface area contributed by atoms with E-state index >= 15 is 0 Å². The third-order valence-corrected chi connectivity index (χ3v) is 2.64. The minimum Gasteiger partial charge on any atom is -0.386 e. The summed E-state index contributed by atoms with van der Waals surface area (Å²) in [5, 5.41) is 9.82. The maximum atomic E-state index is 9.82. The summed E-state index contributed by atoms with van der Waals surface area (Å²) in [6.07, 6.45) is 4.58. The monoisotopic (exact) mass is 169 g/mol. The molecule has 1 fully saturated rings. The topological polar surface area (TPSA) is 23.5 Å². The Labute approximate surface area is 74.9 Å². The zero-order chi connectivity index (χ0) is 9.03. The van der Waals surface area contributed by atoms with Crippen LogP contribution in [0.1, 0.15) is 26.2 Å². The summed E-state index contributed by atoms with van der Waals surface area (Å²) < 4.78 is 0. The zero-order valence-corrected chi connectivity index (χ0v) is 7.92.